The van der Waals surface area contributed by atoms with E-state index in [9.17, 15) is 0 Å². The maximum Gasteiger partial charge on any atom is 0.136 e. The van der Waals surface area contributed by atoms with Crippen molar-refractivity contribution in [3.05, 3.63) is 170 Å². The van der Waals surface area contributed by atoms with Crippen LogP contribution in [0.25, 0.3) is 71.0 Å². The molecule has 0 bridgehead atoms. The summed E-state index contributed by atoms with van der Waals surface area (Å²) < 4.78 is 9.04. The molecule has 3 nitrogen and oxygen atoms in total. The number of para-hydroxylation sites is 2. The minimum atomic E-state index is 0.879. The van der Waals surface area contributed by atoms with Crippen LogP contribution in [0.5, 0.6) is 0 Å². The standard InChI is InChI=1S/C44H28N2O/c1-3-14-32(15-4-1)45(33-16-5-2-6-17-33)35-22-25-40-37(28-35)43-41(47-40)26-24-39-44(43)42-36-18-10-9-12-30(36)20-23-38(42)46(39)34-21-19-29-11-7-8-13-31(29)27-34/h1-28H. The van der Waals surface area contributed by atoms with Crippen LogP contribution in [0.15, 0.2) is 174 Å². The van der Waals surface area contributed by atoms with E-state index < -0.39 is 0 Å². The zero-order valence-corrected chi connectivity index (χ0v) is 25.5. The van der Waals surface area contributed by atoms with Crippen LogP contribution >= 0.6 is 0 Å². The van der Waals surface area contributed by atoms with Gasteiger partial charge in [-0.1, -0.05) is 97.1 Å². The van der Waals surface area contributed by atoms with Gasteiger partial charge >= 0.3 is 0 Å². The van der Waals surface area contributed by atoms with E-state index in [0.29, 0.717) is 0 Å². The summed E-state index contributed by atoms with van der Waals surface area (Å²) in [5.74, 6) is 0. The maximum absolute atomic E-state index is 6.61. The van der Waals surface area contributed by atoms with E-state index in [1.807, 2.05) is 0 Å². The van der Waals surface area contributed by atoms with Crippen molar-refractivity contribution in [2.75, 3.05) is 4.90 Å². The van der Waals surface area contributed by atoms with E-state index in [2.05, 4.69) is 179 Å². The third kappa shape index (κ3) is 3.93. The third-order valence-corrected chi connectivity index (χ3v) is 9.51. The zero-order chi connectivity index (χ0) is 30.9. The van der Waals surface area contributed by atoms with E-state index in [0.717, 1.165) is 50.2 Å². The summed E-state index contributed by atoms with van der Waals surface area (Å²) in [4.78, 5) is 2.31. The minimum absolute atomic E-state index is 0.879. The molecule has 220 valence electrons. The zero-order valence-electron chi connectivity index (χ0n) is 25.5. The number of rotatable bonds is 4. The van der Waals surface area contributed by atoms with Crippen LogP contribution in [0.1, 0.15) is 0 Å². The quantitative estimate of drug-likeness (QED) is 0.200. The first-order valence-electron chi connectivity index (χ1n) is 16.0. The number of benzene rings is 8. The second-order valence-electron chi connectivity index (χ2n) is 12.2. The fraction of sp³-hybridized carbons (Fsp3) is 0. The second-order valence-corrected chi connectivity index (χ2v) is 12.2. The van der Waals surface area contributed by atoms with Crippen LogP contribution in [0.3, 0.4) is 0 Å². The third-order valence-electron chi connectivity index (χ3n) is 9.51. The largest absolute Gasteiger partial charge is 0.456 e. The van der Waals surface area contributed by atoms with Crippen LogP contribution in [-0.2, 0) is 0 Å². The minimum Gasteiger partial charge on any atom is -0.456 e. The normalized spacial score (nSPS) is 11.8. The molecule has 0 aliphatic rings. The molecule has 0 radical (unpaired) electrons. The Balaban J connectivity index is 1.33. The monoisotopic (exact) mass is 600 g/mol. The molecule has 0 amide bonds. The molecule has 0 N–H and O–H groups in total. The number of aromatic nitrogens is 1. The molecular formula is C44H28N2O. The van der Waals surface area contributed by atoms with Gasteiger partial charge in [0.1, 0.15) is 11.2 Å². The molecular weight excluding hydrogens is 572 g/mol. The number of fused-ring (bicyclic) bond motifs is 10. The molecule has 2 aromatic heterocycles. The number of anilines is 3. The molecule has 8 aromatic carbocycles. The first kappa shape index (κ1) is 26.0. The average molecular weight is 601 g/mol. The van der Waals surface area contributed by atoms with Crippen molar-refractivity contribution in [1.29, 1.82) is 0 Å². The molecule has 0 aliphatic carbocycles. The predicted molar refractivity (Wildman–Crippen MR) is 198 cm³/mol. The highest BCUT2D eigenvalue weighted by atomic mass is 16.3. The van der Waals surface area contributed by atoms with Crippen molar-refractivity contribution in [2.24, 2.45) is 0 Å². The van der Waals surface area contributed by atoms with Crippen molar-refractivity contribution in [3.8, 4) is 5.69 Å². The summed E-state index contributed by atoms with van der Waals surface area (Å²) in [6.07, 6.45) is 0. The van der Waals surface area contributed by atoms with Crippen molar-refractivity contribution in [2.45, 2.75) is 0 Å². The molecule has 10 rings (SSSR count). The summed E-state index contributed by atoms with van der Waals surface area (Å²) in [5.41, 5.74) is 8.55. The van der Waals surface area contributed by atoms with E-state index in [-0.39, 0.29) is 0 Å². The van der Waals surface area contributed by atoms with Crippen LogP contribution in [-0.4, -0.2) is 4.57 Å². The molecule has 0 spiro atoms. The molecule has 0 atom stereocenters. The summed E-state index contributed by atoms with van der Waals surface area (Å²) in [7, 11) is 0. The topological polar surface area (TPSA) is 21.3 Å². The number of furan rings is 1. The van der Waals surface area contributed by atoms with Crippen LogP contribution in [0.4, 0.5) is 17.1 Å². The number of hydrogen-bond donors (Lipinski definition) is 0. The van der Waals surface area contributed by atoms with Crippen molar-refractivity contribution >= 4 is 82.4 Å². The number of hydrogen-bond acceptors (Lipinski definition) is 2. The van der Waals surface area contributed by atoms with Crippen LogP contribution < -0.4 is 4.90 Å². The van der Waals surface area contributed by atoms with Crippen LogP contribution in [0.2, 0.25) is 0 Å². The van der Waals surface area contributed by atoms with Gasteiger partial charge in [0.25, 0.3) is 0 Å². The Bertz CT molecular complexity index is 2750. The van der Waals surface area contributed by atoms with Gasteiger partial charge in [0.2, 0.25) is 0 Å². The van der Waals surface area contributed by atoms with E-state index in [1.165, 1.54) is 37.8 Å². The van der Waals surface area contributed by atoms with E-state index in [4.69, 9.17) is 4.42 Å². The van der Waals surface area contributed by atoms with E-state index in [1.54, 1.807) is 0 Å². The molecule has 47 heavy (non-hydrogen) atoms. The van der Waals surface area contributed by atoms with Gasteiger partial charge < -0.3 is 13.9 Å². The summed E-state index contributed by atoms with van der Waals surface area (Å²) in [6, 6.07) is 60.6. The molecule has 3 heteroatoms. The molecule has 0 unspecified atom stereocenters. The van der Waals surface area contributed by atoms with Gasteiger partial charge in [0.15, 0.2) is 0 Å². The lowest BCUT2D eigenvalue weighted by atomic mass is 10.0. The van der Waals surface area contributed by atoms with Crippen molar-refractivity contribution in [3.63, 3.8) is 0 Å². The second kappa shape index (κ2) is 10.1. The first-order chi connectivity index (χ1) is 23.3. The smallest absolute Gasteiger partial charge is 0.136 e. The first-order valence-corrected chi connectivity index (χ1v) is 16.0. The lowest BCUT2D eigenvalue weighted by molar-refractivity contribution is 0.669. The lowest BCUT2D eigenvalue weighted by Crippen LogP contribution is -2.09. The fourth-order valence-corrected chi connectivity index (χ4v) is 7.46. The summed E-state index contributed by atoms with van der Waals surface area (Å²) >= 11 is 0. The Hall–Kier alpha value is -6.32. The molecule has 0 aliphatic heterocycles. The van der Waals surface area contributed by atoms with Gasteiger partial charge in [-0.25, -0.2) is 0 Å². The molecule has 0 fully saturated rings. The Labute approximate surface area is 271 Å². The molecule has 0 saturated carbocycles. The number of nitrogens with zero attached hydrogens (tertiary/aromatic N) is 2. The maximum atomic E-state index is 6.61. The van der Waals surface area contributed by atoms with Gasteiger partial charge in [0.05, 0.1) is 11.0 Å². The van der Waals surface area contributed by atoms with Gasteiger partial charge in [-0.15, -0.1) is 0 Å². The van der Waals surface area contributed by atoms with Gasteiger partial charge in [-0.2, -0.15) is 0 Å². The van der Waals surface area contributed by atoms with E-state index >= 15 is 0 Å². The highest BCUT2D eigenvalue weighted by molar-refractivity contribution is 6.32. The Morgan fingerprint density at radius 3 is 1.79 bits per heavy atom. The van der Waals surface area contributed by atoms with Gasteiger partial charge in [-0.3, -0.25) is 0 Å². The lowest BCUT2D eigenvalue weighted by Gasteiger charge is -2.25. The van der Waals surface area contributed by atoms with Gasteiger partial charge in [0, 0.05) is 44.3 Å². The Morgan fingerprint density at radius 2 is 1.00 bits per heavy atom. The summed E-state index contributed by atoms with van der Waals surface area (Å²) in [6.45, 7) is 0. The summed E-state index contributed by atoms with van der Waals surface area (Å²) in [5, 5.41) is 9.62. The predicted octanol–water partition coefficient (Wildman–Crippen LogP) is 12.5. The van der Waals surface area contributed by atoms with Crippen molar-refractivity contribution < 1.29 is 4.42 Å². The van der Waals surface area contributed by atoms with Crippen LogP contribution in [0, 0.1) is 0 Å². The van der Waals surface area contributed by atoms with Gasteiger partial charge in [-0.05, 0) is 94.3 Å². The Kier molecular flexibility index (Phi) is 5.57. The van der Waals surface area contributed by atoms with Crippen molar-refractivity contribution in [1.82, 2.24) is 4.57 Å². The Morgan fingerprint density at radius 1 is 0.383 bits per heavy atom. The average Bonchev–Trinajstić information content (AvgIpc) is 3.68. The molecule has 2 heterocycles. The highest BCUT2D eigenvalue weighted by Crippen LogP contribution is 2.45. The molecule has 10 aromatic rings. The molecule has 0 saturated heterocycles. The SMILES string of the molecule is c1ccc(N(c2ccccc2)c2ccc3oc4ccc5c(c4c3c2)c2c3ccccc3ccc2n5-c2ccc3ccccc3c2)cc1. The highest BCUT2D eigenvalue weighted by Gasteiger charge is 2.22. The fourth-order valence-electron chi connectivity index (χ4n) is 7.46.